The zero-order chi connectivity index (χ0) is 20.1. The molecule has 0 unspecified atom stereocenters. The van der Waals surface area contributed by atoms with Crippen molar-refractivity contribution in [3.05, 3.63) is 34.9 Å². The first kappa shape index (κ1) is 19.0. The van der Waals surface area contributed by atoms with Gasteiger partial charge in [0, 0.05) is 17.1 Å². The summed E-state index contributed by atoms with van der Waals surface area (Å²) in [6.45, 7) is 2.59. The Morgan fingerprint density at radius 3 is 1.97 bits per heavy atom. The standard InChI is InChI=1S/C28H38ClN/c1-17(30-26-22-8-18-6-19(10-22)11-23(26)9-18)27-12-20-7-21(13-27)15-28(14-20,16-27)24-2-4-25(29)5-3-24/h2-5,17-23,26,30H,6-16H2,1H3/t17-,18?,19?,20+,21+,22?,23?,26?,27?,28?/m0/s1. The van der Waals surface area contributed by atoms with Crippen LogP contribution in [0.25, 0.3) is 0 Å². The van der Waals surface area contributed by atoms with Gasteiger partial charge in [0.05, 0.1) is 0 Å². The van der Waals surface area contributed by atoms with Crippen LogP contribution < -0.4 is 5.32 Å². The first-order chi connectivity index (χ1) is 14.5. The molecule has 0 heterocycles. The largest absolute Gasteiger partial charge is 0.310 e. The fraction of sp³-hybridized carbons (Fsp3) is 0.786. The molecule has 162 valence electrons. The summed E-state index contributed by atoms with van der Waals surface area (Å²) in [5.41, 5.74) is 2.54. The lowest BCUT2D eigenvalue weighted by atomic mass is 9.41. The monoisotopic (exact) mass is 423 g/mol. The van der Waals surface area contributed by atoms with Crippen molar-refractivity contribution >= 4 is 11.6 Å². The van der Waals surface area contributed by atoms with Gasteiger partial charge in [-0.2, -0.15) is 0 Å². The third-order valence-corrected chi connectivity index (χ3v) is 11.4. The molecule has 8 aliphatic rings. The SMILES string of the molecule is C[C@H](NC1C2CC3CC(C2)CC1C3)C12C[C@H]3C[C@@H](CC(c4ccc(Cl)cc4)(C3)C1)C2. The number of hydrogen-bond acceptors (Lipinski definition) is 1. The summed E-state index contributed by atoms with van der Waals surface area (Å²) in [5.74, 6) is 6.03. The van der Waals surface area contributed by atoms with E-state index in [4.69, 9.17) is 11.6 Å². The lowest BCUT2D eigenvalue weighted by Crippen LogP contribution is -2.64. The number of halogens is 1. The van der Waals surface area contributed by atoms with Gasteiger partial charge in [-0.3, -0.25) is 0 Å². The van der Waals surface area contributed by atoms with E-state index in [9.17, 15) is 0 Å². The zero-order valence-electron chi connectivity index (χ0n) is 18.6. The normalized spacial score (nSPS) is 51.5. The van der Waals surface area contributed by atoms with Crippen molar-refractivity contribution in [3.8, 4) is 0 Å². The van der Waals surface area contributed by atoms with Crippen molar-refractivity contribution in [1.29, 1.82) is 0 Å². The second-order valence-corrected chi connectivity index (χ2v) is 13.4. The smallest absolute Gasteiger partial charge is 0.0406 e. The molecule has 8 fully saturated rings. The molecule has 1 aromatic rings. The van der Waals surface area contributed by atoms with Gasteiger partial charge in [-0.1, -0.05) is 23.7 Å². The second-order valence-electron chi connectivity index (χ2n) is 13.0. The van der Waals surface area contributed by atoms with Crippen LogP contribution >= 0.6 is 11.6 Å². The van der Waals surface area contributed by atoms with E-state index >= 15 is 0 Å². The zero-order valence-corrected chi connectivity index (χ0v) is 19.3. The summed E-state index contributed by atoms with van der Waals surface area (Å²) in [6.07, 6.45) is 16.4. The molecule has 2 heteroatoms. The van der Waals surface area contributed by atoms with E-state index in [2.05, 4.69) is 36.5 Å². The minimum absolute atomic E-state index is 0.425. The highest BCUT2D eigenvalue weighted by Crippen LogP contribution is 2.67. The Kier molecular flexibility index (Phi) is 4.12. The van der Waals surface area contributed by atoms with E-state index in [1.165, 1.54) is 64.2 Å². The Balaban J connectivity index is 1.17. The van der Waals surface area contributed by atoms with E-state index in [0.29, 0.717) is 16.9 Å². The molecule has 0 aliphatic heterocycles. The van der Waals surface area contributed by atoms with Gasteiger partial charge < -0.3 is 5.32 Å². The molecule has 8 aliphatic carbocycles. The van der Waals surface area contributed by atoms with Crippen molar-refractivity contribution < 1.29 is 0 Å². The average molecular weight is 424 g/mol. The molecule has 8 bridgehead atoms. The van der Waals surface area contributed by atoms with Crippen molar-refractivity contribution in [2.75, 3.05) is 0 Å². The van der Waals surface area contributed by atoms with Crippen molar-refractivity contribution in [3.63, 3.8) is 0 Å². The third-order valence-electron chi connectivity index (χ3n) is 11.2. The van der Waals surface area contributed by atoms with Gasteiger partial charge in [0.25, 0.3) is 0 Å². The molecule has 3 atom stereocenters. The molecule has 1 nitrogen and oxygen atoms in total. The van der Waals surface area contributed by atoms with Crippen molar-refractivity contribution in [1.82, 2.24) is 5.32 Å². The third kappa shape index (κ3) is 2.76. The summed E-state index contributed by atoms with van der Waals surface area (Å²) in [5, 5.41) is 5.26. The molecule has 8 saturated carbocycles. The Bertz CT molecular complexity index is 786. The molecule has 0 amide bonds. The van der Waals surface area contributed by atoms with Crippen molar-refractivity contribution in [2.24, 2.45) is 40.9 Å². The molecule has 1 aromatic carbocycles. The predicted octanol–water partition coefficient (Wildman–Crippen LogP) is 6.98. The Morgan fingerprint density at radius 1 is 0.800 bits per heavy atom. The summed E-state index contributed by atoms with van der Waals surface area (Å²) in [7, 11) is 0. The molecular formula is C28H38ClN. The van der Waals surface area contributed by atoms with Crippen LogP contribution in [0.4, 0.5) is 0 Å². The average Bonchev–Trinajstić information content (AvgIpc) is 2.69. The van der Waals surface area contributed by atoms with Crippen LogP contribution in [0.15, 0.2) is 24.3 Å². The van der Waals surface area contributed by atoms with Crippen LogP contribution in [-0.2, 0) is 5.41 Å². The van der Waals surface area contributed by atoms with E-state index in [-0.39, 0.29) is 0 Å². The van der Waals surface area contributed by atoms with Crippen LogP contribution in [0.3, 0.4) is 0 Å². The molecule has 30 heavy (non-hydrogen) atoms. The lowest BCUT2D eigenvalue weighted by molar-refractivity contribution is -0.0986. The van der Waals surface area contributed by atoms with Crippen LogP contribution in [0.5, 0.6) is 0 Å². The minimum atomic E-state index is 0.425. The number of rotatable bonds is 4. The predicted molar refractivity (Wildman–Crippen MR) is 124 cm³/mol. The van der Waals surface area contributed by atoms with Gasteiger partial charge in [0.15, 0.2) is 0 Å². The van der Waals surface area contributed by atoms with E-state index in [1.807, 2.05) is 0 Å². The van der Waals surface area contributed by atoms with Gasteiger partial charge in [-0.05, 0) is 142 Å². The Morgan fingerprint density at radius 2 is 1.37 bits per heavy atom. The maximum atomic E-state index is 6.26. The molecule has 9 rings (SSSR count). The second kappa shape index (κ2) is 6.50. The van der Waals surface area contributed by atoms with E-state index in [1.54, 1.807) is 12.0 Å². The van der Waals surface area contributed by atoms with Gasteiger partial charge in [0.1, 0.15) is 0 Å². The van der Waals surface area contributed by atoms with Crippen LogP contribution in [-0.4, -0.2) is 12.1 Å². The molecule has 0 saturated heterocycles. The fourth-order valence-corrected chi connectivity index (χ4v) is 10.8. The van der Waals surface area contributed by atoms with Gasteiger partial charge in [0.2, 0.25) is 0 Å². The summed E-state index contributed by atoms with van der Waals surface area (Å²) in [4.78, 5) is 0. The Labute approximate surface area is 187 Å². The van der Waals surface area contributed by atoms with Gasteiger partial charge >= 0.3 is 0 Å². The maximum absolute atomic E-state index is 6.26. The van der Waals surface area contributed by atoms with Gasteiger partial charge in [-0.25, -0.2) is 0 Å². The molecular weight excluding hydrogens is 386 g/mol. The summed E-state index contributed by atoms with van der Waals surface area (Å²) < 4.78 is 0. The molecule has 0 aromatic heterocycles. The molecule has 0 spiro atoms. The first-order valence-corrected chi connectivity index (χ1v) is 13.4. The first-order valence-electron chi connectivity index (χ1n) is 13.0. The minimum Gasteiger partial charge on any atom is -0.310 e. The molecule has 0 radical (unpaired) electrons. The molecule has 1 N–H and O–H groups in total. The maximum Gasteiger partial charge on any atom is 0.0406 e. The van der Waals surface area contributed by atoms with Gasteiger partial charge in [-0.15, -0.1) is 0 Å². The number of benzene rings is 1. The van der Waals surface area contributed by atoms with Crippen LogP contribution in [0, 0.1) is 40.9 Å². The highest BCUT2D eigenvalue weighted by atomic mass is 35.5. The fourth-order valence-electron chi connectivity index (χ4n) is 10.6. The highest BCUT2D eigenvalue weighted by Gasteiger charge is 2.60. The van der Waals surface area contributed by atoms with E-state index in [0.717, 1.165) is 46.6 Å². The Hall–Kier alpha value is -0.530. The number of nitrogens with one attached hydrogen (secondary N) is 1. The topological polar surface area (TPSA) is 12.0 Å². The highest BCUT2D eigenvalue weighted by molar-refractivity contribution is 6.30. The quantitative estimate of drug-likeness (QED) is 0.550. The van der Waals surface area contributed by atoms with Crippen LogP contribution in [0.1, 0.15) is 83.1 Å². The van der Waals surface area contributed by atoms with Crippen LogP contribution in [0.2, 0.25) is 5.02 Å². The lowest BCUT2D eigenvalue weighted by Gasteiger charge is -2.65. The summed E-state index contributed by atoms with van der Waals surface area (Å²) in [6, 6.07) is 10.5. The number of hydrogen-bond donors (Lipinski definition) is 1. The van der Waals surface area contributed by atoms with Crippen molar-refractivity contribution in [2.45, 2.75) is 95.1 Å². The summed E-state index contributed by atoms with van der Waals surface area (Å²) >= 11 is 6.26. The van der Waals surface area contributed by atoms with E-state index < -0.39 is 0 Å².